The lowest BCUT2D eigenvalue weighted by atomic mass is 10.3. The summed E-state index contributed by atoms with van der Waals surface area (Å²) >= 11 is 0. The molecular formula is C8H13N. The molecule has 1 N–H and O–H groups in total. The first-order chi connectivity index (χ1) is 4.31. The number of terminal acetylenes is 1. The fraction of sp³-hybridized carbons (Fsp3) is 0.500. The van der Waals surface area contributed by atoms with Crippen molar-refractivity contribution in [2.45, 2.75) is 13.8 Å². The largest absolute Gasteiger partial charge is 0.313 e. The van der Waals surface area contributed by atoms with E-state index in [1.807, 2.05) is 6.92 Å². The van der Waals surface area contributed by atoms with Gasteiger partial charge in [0.25, 0.3) is 0 Å². The van der Waals surface area contributed by atoms with E-state index in [1.165, 1.54) is 5.57 Å². The van der Waals surface area contributed by atoms with E-state index in [1.54, 1.807) is 6.08 Å². The van der Waals surface area contributed by atoms with Crippen LogP contribution in [0.2, 0.25) is 0 Å². The molecule has 0 fully saturated rings. The third kappa shape index (κ3) is 5.13. The highest BCUT2D eigenvalue weighted by Gasteiger charge is 1.82. The molecular weight excluding hydrogens is 110 g/mol. The quantitative estimate of drug-likeness (QED) is 0.555. The molecule has 0 rings (SSSR count). The summed E-state index contributed by atoms with van der Waals surface area (Å²) in [6.45, 7) is 5.99. The van der Waals surface area contributed by atoms with E-state index in [2.05, 4.69) is 18.2 Å². The van der Waals surface area contributed by atoms with Gasteiger partial charge in [-0.3, -0.25) is 0 Å². The van der Waals surface area contributed by atoms with Crippen molar-refractivity contribution in [3.8, 4) is 12.3 Å². The molecule has 0 amide bonds. The van der Waals surface area contributed by atoms with Crippen LogP contribution in [0.5, 0.6) is 0 Å². The van der Waals surface area contributed by atoms with Crippen molar-refractivity contribution in [1.29, 1.82) is 0 Å². The van der Waals surface area contributed by atoms with Crippen LogP contribution in [0.15, 0.2) is 11.6 Å². The number of likely N-dealkylation sites (N-methyl/N-ethyl adjacent to an activating group) is 1. The van der Waals surface area contributed by atoms with Crippen molar-refractivity contribution < 1.29 is 0 Å². The van der Waals surface area contributed by atoms with Crippen LogP contribution in [0.1, 0.15) is 13.8 Å². The summed E-state index contributed by atoms with van der Waals surface area (Å²) in [7, 11) is 0. The molecule has 0 heterocycles. The van der Waals surface area contributed by atoms with Gasteiger partial charge in [-0.25, -0.2) is 0 Å². The molecule has 0 radical (unpaired) electrons. The molecule has 0 aromatic heterocycles. The Bertz CT molecular complexity index is 128. The molecule has 50 valence electrons. The number of hydrogen-bond donors (Lipinski definition) is 1. The SMILES string of the molecule is C#CC=C(C)CNCC. The third-order valence-corrected chi connectivity index (χ3v) is 0.984. The van der Waals surface area contributed by atoms with Gasteiger partial charge in [-0.05, 0) is 19.5 Å². The van der Waals surface area contributed by atoms with Crippen molar-refractivity contribution in [2.75, 3.05) is 13.1 Å². The van der Waals surface area contributed by atoms with E-state index in [4.69, 9.17) is 6.42 Å². The first kappa shape index (κ1) is 8.26. The second-order valence-corrected chi connectivity index (χ2v) is 1.94. The Morgan fingerprint density at radius 3 is 2.89 bits per heavy atom. The van der Waals surface area contributed by atoms with E-state index in [-0.39, 0.29) is 0 Å². The van der Waals surface area contributed by atoms with Crippen molar-refractivity contribution in [3.05, 3.63) is 11.6 Å². The van der Waals surface area contributed by atoms with Gasteiger partial charge in [-0.15, -0.1) is 6.42 Å². The Balaban J connectivity index is 3.40. The summed E-state index contributed by atoms with van der Waals surface area (Å²) in [5, 5.41) is 3.17. The average molecular weight is 123 g/mol. The summed E-state index contributed by atoms with van der Waals surface area (Å²) in [5.74, 6) is 2.47. The van der Waals surface area contributed by atoms with E-state index >= 15 is 0 Å². The van der Waals surface area contributed by atoms with Crippen LogP contribution in [0, 0.1) is 12.3 Å². The number of rotatable bonds is 3. The van der Waals surface area contributed by atoms with Gasteiger partial charge in [0.1, 0.15) is 0 Å². The van der Waals surface area contributed by atoms with Gasteiger partial charge < -0.3 is 5.32 Å². The Morgan fingerprint density at radius 2 is 2.44 bits per heavy atom. The van der Waals surface area contributed by atoms with Gasteiger partial charge >= 0.3 is 0 Å². The molecule has 0 aromatic rings. The lowest BCUT2D eigenvalue weighted by Gasteiger charge is -1.97. The van der Waals surface area contributed by atoms with Gasteiger partial charge in [0.05, 0.1) is 0 Å². The summed E-state index contributed by atoms with van der Waals surface area (Å²) < 4.78 is 0. The molecule has 0 spiro atoms. The Labute approximate surface area is 57.2 Å². The van der Waals surface area contributed by atoms with Crippen LogP contribution in [0.4, 0.5) is 0 Å². The second kappa shape index (κ2) is 5.40. The highest BCUT2D eigenvalue weighted by atomic mass is 14.8. The zero-order valence-corrected chi connectivity index (χ0v) is 6.07. The van der Waals surface area contributed by atoms with E-state index in [0.29, 0.717) is 0 Å². The molecule has 0 atom stereocenters. The Hall–Kier alpha value is -0.740. The summed E-state index contributed by atoms with van der Waals surface area (Å²) in [6.07, 6.45) is 6.83. The maximum absolute atomic E-state index is 5.05. The molecule has 1 heteroatoms. The molecule has 0 bridgehead atoms. The van der Waals surface area contributed by atoms with Crippen molar-refractivity contribution in [2.24, 2.45) is 0 Å². The zero-order valence-electron chi connectivity index (χ0n) is 6.07. The molecule has 0 aromatic carbocycles. The normalized spacial score (nSPS) is 11.0. The highest BCUT2D eigenvalue weighted by molar-refractivity contribution is 5.16. The van der Waals surface area contributed by atoms with Gasteiger partial charge in [0.15, 0.2) is 0 Å². The number of allylic oxidation sites excluding steroid dienone is 1. The maximum Gasteiger partial charge on any atom is 0.0171 e. The standard InChI is InChI=1S/C8H13N/c1-4-6-8(3)7-9-5-2/h1,6,9H,5,7H2,2-3H3. The molecule has 0 aliphatic heterocycles. The van der Waals surface area contributed by atoms with Crippen LogP contribution >= 0.6 is 0 Å². The zero-order chi connectivity index (χ0) is 7.11. The Kier molecular flexibility index (Phi) is 4.95. The van der Waals surface area contributed by atoms with Crippen LogP contribution in [-0.4, -0.2) is 13.1 Å². The maximum atomic E-state index is 5.05. The molecule has 0 saturated heterocycles. The second-order valence-electron chi connectivity index (χ2n) is 1.94. The summed E-state index contributed by atoms with van der Waals surface area (Å²) in [5.41, 5.74) is 1.21. The Morgan fingerprint density at radius 1 is 1.78 bits per heavy atom. The molecule has 1 nitrogen and oxygen atoms in total. The predicted octanol–water partition coefficient (Wildman–Crippen LogP) is 1.18. The third-order valence-electron chi connectivity index (χ3n) is 0.984. The first-order valence-corrected chi connectivity index (χ1v) is 3.13. The van der Waals surface area contributed by atoms with E-state index in [9.17, 15) is 0 Å². The molecule has 9 heavy (non-hydrogen) atoms. The van der Waals surface area contributed by atoms with Gasteiger partial charge in [-0.2, -0.15) is 0 Å². The van der Waals surface area contributed by atoms with Crippen LogP contribution in [0.3, 0.4) is 0 Å². The van der Waals surface area contributed by atoms with Gasteiger partial charge in [0.2, 0.25) is 0 Å². The minimum atomic E-state index is 0.903. The lowest BCUT2D eigenvalue weighted by Crippen LogP contribution is -2.14. The molecule has 0 aliphatic carbocycles. The van der Waals surface area contributed by atoms with Crippen molar-refractivity contribution in [3.63, 3.8) is 0 Å². The number of hydrogen-bond acceptors (Lipinski definition) is 1. The lowest BCUT2D eigenvalue weighted by molar-refractivity contribution is 0.776. The smallest absolute Gasteiger partial charge is 0.0171 e. The average Bonchev–Trinajstić information content (AvgIpc) is 1.85. The van der Waals surface area contributed by atoms with Gasteiger partial charge in [-0.1, -0.05) is 18.4 Å². The first-order valence-electron chi connectivity index (χ1n) is 3.13. The summed E-state index contributed by atoms with van der Waals surface area (Å²) in [4.78, 5) is 0. The predicted molar refractivity (Wildman–Crippen MR) is 41.1 cm³/mol. The van der Waals surface area contributed by atoms with E-state index in [0.717, 1.165) is 13.1 Å². The fourth-order valence-corrected chi connectivity index (χ4v) is 0.515. The topological polar surface area (TPSA) is 12.0 Å². The minimum Gasteiger partial charge on any atom is -0.313 e. The van der Waals surface area contributed by atoms with Crippen LogP contribution < -0.4 is 5.32 Å². The van der Waals surface area contributed by atoms with Crippen molar-refractivity contribution in [1.82, 2.24) is 5.32 Å². The van der Waals surface area contributed by atoms with Crippen molar-refractivity contribution >= 4 is 0 Å². The highest BCUT2D eigenvalue weighted by Crippen LogP contribution is 1.86. The number of nitrogens with one attached hydrogen (secondary N) is 1. The van der Waals surface area contributed by atoms with Crippen LogP contribution in [-0.2, 0) is 0 Å². The van der Waals surface area contributed by atoms with Gasteiger partial charge in [0, 0.05) is 6.54 Å². The minimum absolute atomic E-state index is 0.903. The monoisotopic (exact) mass is 123 g/mol. The summed E-state index contributed by atoms with van der Waals surface area (Å²) in [6, 6.07) is 0. The molecule has 0 unspecified atom stereocenters. The molecule has 0 aliphatic rings. The fourth-order valence-electron chi connectivity index (χ4n) is 0.515. The molecule has 0 saturated carbocycles. The van der Waals surface area contributed by atoms with Crippen LogP contribution in [0.25, 0.3) is 0 Å². The van der Waals surface area contributed by atoms with E-state index < -0.39 is 0 Å².